The van der Waals surface area contributed by atoms with Crippen molar-refractivity contribution < 1.29 is 14.0 Å². The van der Waals surface area contributed by atoms with Gasteiger partial charge in [-0.2, -0.15) is 0 Å². The molecule has 1 aromatic carbocycles. The number of hydrogen-bond acceptors (Lipinski definition) is 2. The summed E-state index contributed by atoms with van der Waals surface area (Å²) in [6.07, 6.45) is 0. The van der Waals surface area contributed by atoms with E-state index in [2.05, 4.69) is 5.32 Å². The van der Waals surface area contributed by atoms with E-state index in [0.717, 1.165) is 0 Å². The molecule has 1 aliphatic heterocycles. The molecule has 6 heteroatoms. The van der Waals surface area contributed by atoms with Gasteiger partial charge in [-0.25, -0.2) is 4.39 Å². The van der Waals surface area contributed by atoms with Crippen molar-refractivity contribution in [1.29, 1.82) is 0 Å². The first kappa shape index (κ1) is 13.8. The van der Waals surface area contributed by atoms with Crippen LogP contribution in [0.5, 0.6) is 0 Å². The average molecular weight is 285 g/mol. The van der Waals surface area contributed by atoms with E-state index in [-0.39, 0.29) is 29.9 Å². The Kier molecular flexibility index (Phi) is 3.49. The maximum atomic E-state index is 13.1. The maximum absolute atomic E-state index is 13.1. The van der Waals surface area contributed by atoms with Gasteiger partial charge >= 0.3 is 0 Å². The molecule has 19 heavy (non-hydrogen) atoms. The van der Waals surface area contributed by atoms with Crippen molar-refractivity contribution in [3.05, 3.63) is 34.6 Å². The van der Waals surface area contributed by atoms with Crippen molar-refractivity contribution in [2.45, 2.75) is 25.9 Å². The van der Waals surface area contributed by atoms with Crippen LogP contribution in [-0.2, 0) is 16.1 Å². The largest absolute Gasteiger partial charge is 0.341 e. The summed E-state index contributed by atoms with van der Waals surface area (Å²) in [5.41, 5.74) is -0.232. The highest BCUT2D eigenvalue weighted by Gasteiger charge is 2.38. The van der Waals surface area contributed by atoms with Gasteiger partial charge in [-0.15, -0.1) is 0 Å². The monoisotopic (exact) mass is 284 g/mol. The van der Waals surface area contributed by atoms with E-state index in [9.17, 15) is 14.0 Å². The number of nitrogens with zero attached hydrogens (tertiary/aromatic N) is 1. The Labute approximate surface area is 115 Å². The molecule has 0 bridgehead atoms. The highest BCUT2D eigenvalue weighted by atomic mass is 35.5. The first-order chi connectivity index (χ1) is 8.79. The first-order valence-corrected chi connectivity index (χ1v) is 6.22. The Morgan fingerprint density at radius 1 is 1.42 bits per heavy atom. The SMILES string of the molecule is CC1(C)NC(=O)CN(Cc2ccc(F)c(Cl)c2)C1=O. The molecular formula is C13H14ClFN2O2. The number of hydrogen-bond donors (Lipinski definition) is 1. The summed E-state index contributed by atoms with van der Waals surface area (Å²) >= 11 is 5.69. The number of rotatable bonds is 2. The van der Waals surface area contributed by atoms with Crippen molar-refractivity contribution in [2.24, 2.45) is 0 Å². The summed E-state index contributed by atoms with van der Waals surface area (Å²) in [4.78, 5) is 25.1. The van der Waals surface area contributed by atoms with E-state index in [1.54, 1.807) is 19.9 Å². The van der Waals surface area contributed by atoms with Crippen LogP contribution in [0.3, 0.4) is 0 Å². The molecule has 2 amide bonds. The summed E-state index contributed by atoms with van der Waals surface area (Å²) < 4.78 is 13.1. The third kappa shape index (κ3) is 2.87. The molecule has 102 valence electrons. The second kappa shape index (κ2) is 4.81. The second-order valence-electron chi connectivity index (χ2n) is 5.08. The number of halogens is 2. The van der Waals surface area contributed by atoms with Crippen LogP contribution in [0, 0.1) is 5.82 Å². The van der Waals surface area contributed by atoms with Crippen LogP contribution in [-0.4, -0.2) is 28.8 Å². The second-order valence-corrected chi connectivity index (χ2v) is 5.49. The van der Waals surface area contributed by atoms with Gasteiger partial charge < -0.3 is 10.2 Å². The van der Waals surface area contributed by atoms with Crippen molar-refractivity contribution in [2.75, 3.05) is 6.54 Å². The Balaban J connectivity index is 2.19. The zero-order chi connectivity index (χ0) is 14.2. The van der Waals surface area contributed by atoms with E-state index in [1.807, 2.05) is 0 Å². The lowest BCUT2D eigenvalue weighted by molar-refractivity contribution is -0.148. The molecule has 1 N–H and O–H groups in total. The Morgan fingerprint density at radius 3 is 2.74 bits per heavy atom. The summed E-state index contributed by atoms with van der Waals surface area (Å²) in [6, 6.07) is 4.26. The topological polar surface area (TPSA) is 49.4 Å². The first-order valence-electron chi connectivity index (χ1n) is 5.84. The van der Waals surface area contributed by atoms with Gasteiger partial charge in [-0.3, -0.25) is 9.59 Å². The quantitative estimate of drug-likeness (QED) is 0.899. The predicted molar refractivity (Wildman–Crippen MR) is 69.0 cm³/mol. The minimum atomic E-state index is -0.918. The molecule has 0 saturated carbocycles. The lowest BCUT2D eigenvalue weighted by Crippen LogP contribution is -2.63. The van der Waals surface area contributed by atoms with Gasteiger partial charge in [0, 0.05) is 6.54 Å². The number of piperazine rings is 1. The molecule has 0 unspecified atom stereocenters. The fourth-order valence-electron chi connectivity index (χ4n) is 2.07. The lowest BCUT2D eigenvalue weighted by atomic mass is 10.00. The van der Waals surface area contributed by atoms with Crippen LogP contribution in [0.1, 0.15) is 19.4 Å². The number of carbonyl (C=O) groups excluding carboxylic acids is 2. The van der Waals surface area contributed by atoms with E-state index >= 15 is 0 Å². The molecule has 0 aliphatic carbocycles. The lowest BCUT2D eigenvalue weighted by Gasteiger charge is -2.37. The normalized spacial score (nSPS) is 18.4. The molecule has 1 heterocycles. The minimum Gasteiger partial charge on any atom is -0.341 e. The molecule has 0 radical (unpaired) electrons. The fraction of sp³-hybridized carbons (Fsp3) is 0.385. The number of benzene rings is 1. The van der Waals surface area contributed by atoms with E-state index in [0.29, 0.717) is 5.56 Å². The van der Waals surface area contributed by atoms with Crippen LogP contribution in [0.2, 0.25) is 5.02 Å². The molecule has 4 nitrogen and oxygen atoms in total. The van der Waals surface area contributed by atoms with E-state index < -0.39 is 11.4 Å². The van der Waals surface area contributed by atoms with Crippen LogP contribution in [0.4, 0.5) is 4.39 Å². The molecule has 1 saturated heterocycles. The average Bonchev–Trinajstić information content (AvgIpc) is 2.30. The Hall–Kier alpha value is -1.62. The summed E-state index contributed by atoms with van der Waals surface area (Å²) in [5.74, 6) is -0.890. The fourth-order valence-corrected chi connectivity index (χ4v) is 2.27. The Bertz CT molecular complexity index is 545. The van der Waals surface area contributed by atoms with E-state index in [4.69, 9.17) is 11.6 Å². The molecule has 1 aromatic rings. The van der Waals surface area contributed by atoms with Gasteiger partial charge in [-0.05, 0) is 31.5 Å². The van der Waals surface area contributed by atoms with Crippen molar-refractivity contribution >= 4 is 23.4 Å². The third-order valence-corrected chi connectivity index (χ3v) is 3.26. The molecule has 0 atom stereocenters. The smallest absolute Gasteiger partial charge is 0.248 e. The van der Waals surface area contributed by atoms with Gasteiger partial charge in [0.2, 0.25) is 11.8 Å². The number of carbonyl (C=O) groups is 2. The predicted octanol–water partition coefficient (Wildman–Crippen LogP) is 1.72. The summed E-state index contributed by atoms with van der Waals surface area (Å²) in [7, 11) is 0. The van der Waals surface area contributed by atoms with Crippen molar-refractivity contribution in [1.82, 2.24) is 10.2 Å². The molecule has 0 spiro atoms. The van der Waals surface area contributed by atoms with Crippen molar-refractivity contribution in [3.8, 4) is 0 Å². The molecular weight excluding hydrogens is 271 g/mol. The van der Waals surface area contributed by atoms with Crippen LogP contribution >= 0.6 is 11.6 Å². The zero-order valence-corrected chi connectivity index (χ0v) is 11.4. The van der Waals surface area contributed by atoms with Crippen LogP contribution in [0.15, 0.2) is 18.2 Å². The van der Waals surface area contributed by atoms with Gasteiger partial charge in [0.15, 0.2) is 0 Å². The molecule has 2 rings (SSSR count). The zero-order valence-electron chi connectivity index (χ0n) is 10.7. The van der Waals surface area contributed by atoms with E-state index in [1.165, 1.54) is 17.0 Å². The number of nitrogens with one attached hydrogen (secondary N) is 1. The van der Waals surface area contributed by atoms with Gasteiger partial charge in [0.1, 0.15) is 11.4 Å². The molecule has 0 aromatic heterocycles. The highest BCUT2D eigenvalue weighted by Crippen LogP contribution is 2.20. The third-order valence-electron chi connectivity index (χ3n) is 2.97. The summed E-state index contributed by atoms with van der Waals surface area (Å²) in [5, 5.41) is 2.63. The molecule has 1 aliphatic rings. The standard InChI is InChI=1S/C13H14ClFN2O2/c1-13(2)12(19)17(7-11(18)16-13)6-8-3-4-10(15)9(14)5-8/h3-5H,6-7H2,1-2H3,(H,16,18). The molecule has 1 fully saturated rings. The minimum absolute atomic E-state index is 0.00272. The van der Waals surface area contributed by atoms with Crippen LogP contribution < -0.4 is 5.32 Å². The Morgan fingerprint density at radius 2 is 2.11 bits per heavy atom. The van der Waals surface area contributed by atoms with Gasteiger partial charge in [0.05, 0.1) is 11.6 Å². The number of amides is 2. The van der Waals surface area contributed by atoms with Gasteiger partial charge in [-0.1, -0.05) is 17.7 Å². The summed E-state index contributed by atoms with van der Waals surface area (Å²) in [6.45, 7) is 3.53. The highest BCUT2D eigenvalue weighted by molar-refractivity contribution is 6.30. The van der Waals surface area contributed by atoms with Crippen LogP contribution in [0.25, 0.3) is 0 Å². The van der Waals surface area contributed by atoms with Gasteiger partial charge in [0.25, 0.3) is 0 Å². The maximum Gasteiger partial charge on any atom is 0.248 e. The van der Waals surface area contributed by atoms with Crippen molar-refractivity contribution in [3.63, 3.8) is 0 Å².